The maximum absolute atomic E-state index is 11.7. The summed E-state index contributed by atoms with van der Waals surface area (Å²) in [5.74, 6) is 0.392. The molecule has 0 radical (unpaired) electrons. The van der Waals surface area contributed by atoms with Gasteiger partial charge in [-0.1, -0.05) is 33.1 Å². The number of ether oxygens (including phenoxy) is 1. The van der Waals surface area contributed by atoms with Gasteiger partial charge >= 0.3 is 6.09 Å². The molecule has 4 heteroatoms. The molecule has 1 atom stereocenters. The summed E-state index contributed by atoms with van der Waals surface area (Å²) in [5.41, 5.74) is 0.284. The van der Waals surface area contributed by atoms with E-state index < -0.39 is 0 Å². The molecule has 19 heavy (non-hydrogen) atoms. The van der Waals surface area contributed by atoms with Gasteiger partial charge in [-0.3, -0.25) is 0 Å². The molecule has 2 aliphatic rings. The predicted octanol–water partition coefficient (Wildman–Crippen LogP) is 2.82. The fourth-order valence-electron chi connectivity index (χ4n) is 3.34. The summed E-state index contributed by atoms with van der Waals surface area (Å²) >= 11 is 0. The van der Waals surface area contributed by atoms with Crippen LogP contribution >= 0.6 is 0 Å². The van der Waals surface area contributed by atoms with E-state index in [0.29, 0.717) is 12.5 Å². The molecule has 110 valence electrons. The Balaban J connectivity index is 1.79. The minimum atomic E-state index is -0.244. The first kappa shape index (κ1) is 14.6. The predicted molar refractivity (Wildman–Crippen MR) is 76.2 cm³/mol. The highest BCUT2D eigenvalue weighted by molar-refractivity contribution is 5.67. The number of rotatable bonds is 3. The topological polar surface area (TPSA) is 50.4 Å². The summed E-state index contributed by atoms with van der Waals surface area (Å²) in [6, 6.07) is 0.277. The number of nitrogens with one attached hydrogen (secondary N) is 2. The molecule has 4 nitrogen and oxygen atoms in total. The van der Waals surface area contributed by atoms with Crippen molar-refractivity contribution in [1.82, 2.24) is 10.6 Å². The van der Waals surface area contributed by atoms with Crippen molar-refractivity contribution in [2.24, 2.45) is 5.92 Å². The highest BCUT2D eigenvalue weighted by atomic mass is 16.5. The van der Waals surface area contributed by atoms with Crippen LogP contribution in [0.1, 0.15) is 58.8 Å². The van der Waals surface area contributed by atoms with E-state index in [0.717, 1.165) is 19.4 Å². The first-order chi connectivity index (χ1) is 9.10. The molecule has 2 fully saturated rings. The standard InChI is InChI=1S/C15H28N2O2/c1-12(2)11-19-14(18)17-13-6-9-16-15(10-13)7-4-3-5-8-15/h12-13,16H,3-11H2,1-2H3,(H,17,18). The number of amides is 1. The van der Waals surface area contributed by atoms with Crippen molar-refractivity contribution in [2.75, 3.05) is 13.2 Å². The van der Waals surface area contributed by atoms with Crippen LogP contribution in [0, 0.1) is 5.92 Å². The number of carbonyl (C=O) groups is 1. The molecule has 1 amide bonds. The number of alkyl carbamates (subject to hydrolysis) is 1. The van der Waals surface area contributed by atoms with E-state index in [1.807, 2.05) is 0 Å². The van der Waals surface area contributed by atoms with Crippen molar-refractivity contribution < 1.29 is 9.53 Å². The van der Waals surface area contributed by atoms with Crippen LogP contribution in [-0.2, 0) is 4.74 Å². The van der Waals surface area contributed by atoms with Crippen LogP contribution < -0.4 is 10.6 Å². The van der Waals surface area contributed by atoms with Crippen molar-refractivity contribution in [3.63, 3.8) is 0 Å². The molecule has 1 heterocycles. The van der Waals surface area contributed by atoms with Gasteiger partial charge in [0.2, 0.25) is 0 Å². The molecule has 1 saturated heterocycles. The van der Waals surface area contributed by atoms with Gasteiger partial charge in [-0.05, 0) is 38.1 Å². The molecule has 1 spiro atoms. The van der Waals surface area contributed by atoms with E-state index in [4.69, 9.17) is 4.74 Å². The van der Waals surface area contributed by atoms with Gasteiger partial charge in [-0.2, -0.15) is 0 Å². The lowest BCUT2D eigenvalue weighted by molar-refractivity contribution is 0.114. The molecule has 0 aromatic carbocycles. The lowest BCUT2D eigenvalue weighted by Crippen LogP contribution is -2.57. The fourth-order valence-corrected chi connectivity index (χ4v) is 3.34. The molecule has 1 unspecified atom stereocenters. The molecule has 0 bridgehead atoms. The highest BCUT2D eigenvalue weighted by Gasteiger charge is 2.37. The van der Waals surface area contributed by atoms with Gasteiger partial charge in [0.25, 0.3) is 0 Å². The zero-order valence-electron chi connectivity index (χ0n) is 12.3. The van der Waals surface area contributed by atoms with Crippen LogP contribution in [0.15, 0.2) is 0 Å². The van der Waals surface area contributed by atoms with E-state index in [9.17, 15) is 4.79 Å². The van der Waals surface area contributed by atoms with E-state index in [1.54, 1.807) is 0 Å². The molecular formula is C15H28N2O2. The van der Waals surface area contributed by atoms with Crippen molar-refractivity contribution in [2.45, 2.75) is 70.4 Å². The smallest absolute Gasteiger partial charge is 0.407 e. The Kier molecular flexibility index (Phi) is 5.08. The summed E-state index contributed by atoms with van der Waals surface area (Å²) < 4.78 is 5.21. The molecular weight excluding hydrogens is 240 g/mol. The van der Waals surface area contributed by atoms with Gasteiger partial charge in [-0.25, -0.2) is 4.79 Å². The SMILES string of the molecule is CC(C)COC(=O)NC1CCNC2(CCCCC2)C1. The molecule has 1 saturated carbocycles. The minimum Gasteiger partial charge on any atom is -0.449 e. The molecule has 0 aromatic rings. The Bertz CT molecular complexity index is 293. The maximum Gasteiger partial charge on any atom is 0.407 e. The summed E-state index contributed by atoms with van der Waals surface area (Å²) in [6.45, 7) is 5.61. The largest absolute Gasteiger partial charge is 0.449 e. The van der Waals surface area contributed by atoms with Gasteiger partial charge in [0.15, 0.2) is 0 Å². The second-order valence-electron chi connectivity index (χ2n) is 6.59. The van der Waals surface area contributed by atoms with Gasteiger partial charge in [0.05, 0.1) is 6.61 Å². The van der Waals surface area contributed by atoms with Crippen molar-refractivity contribution in [3.8, 4) is 0 Å². The molecule has 1 aliphatic heterocycles. The minimum absolute atomic E-state index is 0.244. The van der Waals surface area contributed by atoms with Crippen molar-refractivity contribution >= 4 is 6.09 Å². The molecule has 0 aromatic heterocycles. The first-order valence-electron chi connectivity index (χ1n) is 7.78. The molecule has 2 rings (SSSR count). The zero-order valence-corrected chi connectivity index (χ0v) is 12.3. The number of hydrogen-bond acceptors (Lipinski definition) is 3. The Labute approximate surface area is 116 Å². The highest BCUT2D eigenvalue weighted by Crippen LogP contribution is 2.34. The quantitative estimate of drug-likeness (QED) is 0.827. The molecule has 2 N–H and O–H groups in total. The Morgan fingerprint density at radius 3 is 2.79 bits per heavy atom. The van der Waals surface area contributed by atoms with Crippen LogP contribution in [0.3, 0.4) is 0 Å². The van der Waals surface area contributed by atoms with Gasteiger partial charge < -0.3 is 15.4 Å². The van der Waals surface area contributed by atoms with Crippen LogP contribution in [0.5, 0.6) is 0 Å². The molecule has 1 aliphatic carbocycles. The monoisotopic (exact) mass is 268 g/mol. The maximum atomic E-state index is 11.7. The Morgan fingerprint density at radius 1 is 1.37 bits per heavy atom. The fraction of sp³-hybridized carbons (Fsp3) is 0.933. The van der Waals surface area contributed by atoms with E-state index >= 15 is 0 Å². The summed E-state index contributed by atoms with van der Waals surface area (Å²) in [4.78, 5) is 11.7. The first-order valence-corrected chi connectivity index (χ1v) is 7.78. The van der Waals surface area contributed by atoms with Crippen LogP contribution in [0.2, 0.25) is 0 Å². The van der Waals surface area contributed by atoms with Crippen molar-refractivity contribution in [3.05, 3.63) is 0 Å². The van der Waals surface area contributed by atoms with E-state index in [1.165, 1.54) is 32.1 Å². The third-order valence-electron chi connectivity index (χ3n) is 4.31. The Hall–Kier alpha value is -0.770. The van der Waals surface area contributed by atoms with Crippen LogP contribution in [0.4, 0.5) is 4.79 Å². The third-order valence-corrected chi connectivity index (χ3v) is 4.31. The second kappa shape index (κ2) is 6.60. The summed E-state index contributed by atoms with van der Waals surface area (Å²) in [7, 11) is 0. The van der Waals surface area contributed by atoms with E-state index in [2.05, 4.69) is 24.5 Å². The van der Waals surface area contributed by atoms with Gasteiger partial charge in [0.1, 0.15) is 0 Å². The number of hydrogen-bond donors (Lipinski definition) is 2. The van der Waals surface area contributed by atoms with Crippen molar-refractivity contribution in [1.29, 1.82) is 0 Å². The Morgan fingerprint density at radius 2 is 2.11 bits per heavy atom. The lowest BCUT2D eigenvalue weighted by atomic mass is 9.75. The lowest BCUT2D eigenvalue weighted by Gasteiger charge is -2.44. The van der Waals surface area contributed by atoms with Crippen LogP contribution in [-0.4, -0.2) is 30.8 Å². The number of carbonyl (C=O) groups excluding carboxylic acids is 1. The number of piperidine rings is 1. The van der Waals surface area contributed by atoms with Gasteiger partial charge in [0, 0.05) is 11.6 Å². The normalized spacial score (nSPS) is 26.4. The van der Waals surface area contributed by atoms with Crippen LogP contribution in [0.25, 0.3) is 0 Å². The zero-order chi connectivity index (χ0) is 13.7. The average molecular weight is 268 g/mol. The van der Waals surface area contributed by atoms with Gasteiger partial charge in [-0.15, -0.1) is 0 Å². The summed E-state index contributed by atoms with van der Waals surface area (Å²) in [5, 5.41) is 6.74. The van der Waals surface area contributed by atoms with E-state index in [-0.39, 0.29) is 17.7 Å². The summed E-state index contributed by atoms with van der Waals surface area (Å²) in [6.07, 6.45) is 8.33. The average Bonchev–Trinajstić information content (AvgIpc) is 2.37. The second-order valence-corrected chi connectivity index (χ2v) is 6.59. The third kappa shape index (κ3) is 4.37.